The quantitative estimate of drug-likeness (QED) is 0.312. The molecular formula is C24H18ClNO3S2. The Bertz CT molecular complexity index is 1150. The van der Waals surface area contributed by atoms with E-state index in [1.54, 1.807) is 12.0 Å². The van der Waals surface area contributed by atoms with Gasteiger partial charge in [0.1, 0.15) is 6.61 Å². The Kier molecular flexibility index (Phi) is 6.61. The Morgan fingerprint density at radius 2 is 1.77 bits per heavy atom. The highest BCUT2D eigenvalue weighted by Crippen LogP contribution is 2.37. The summed E-state index contributed by atoms with van der Waals surface area (Å²) in [6.45, 7) is 0.391. The number of carbonyl (C=O) groups excluding carboxylic acids is 1. The van der Waals surface area contributed by atoms with Crippen LogP contribution in [0.2, 0.25) is 5.02 Å². The predicted molar refractivity (Wildman–Crippen MR) is 131 cm³/mol. The Morgan fingerprint density at radius 1 is 1.03 bits per heavy atom. The third-order valence-electron chi connectivity index (χ3n) is 4.60. The third kappa shape index (κ3) is 4.93. The van der Waals surface area contributed by atoms with Gasteiger partial charge in [0.05, 0.1) is 17.7 Å². The summed E-state index contributed by atoms with van der Waals surface area (Å²) in [5.41, 5.74) is 2.58. The molecule has 1 saturated heterocycles. The van der Waals surface area contributed by atoms with Crippen molar-refractivity contribution in [1.29, 1.82) is 0 Å². The number of thiocarbonyl (C=S) groups is 1. The van der Waals surface area contributed by atoms with Crippen LogP contribution in [0.3, 0.4) is 0 Å². The van der Waals surface area contributed by atoms with Gasteiger partial charge in [-0.1, -0.05) is 72.0 Å². The first kappa shape index (κ1) is 21.4. The van der Waals surface area contributed by atoms with Gasteiger partial charge < -0.3 is 9.47 Å². The van der Waals surface area contributed by atoms with E-state index in [0.717, 1.165) is 16.8 Å². The maximum absolute atomic E-state index is 12.9. The summed E-state index contributed by atoms with van der Waals surface area (Å²) in [5, 5.41) is 0.684. The average molecular weight is 468 g/mol. The summed E-state index contributed by atoms with van der Waals surface area (Å²) in [6, 6.07) is 22.4. The molecule has 4 rings (SSSR count). The zero-order valence-corrected chi connectivity index (χ0v) is 19.0. The van der Waals surface area contributed by atoms with Crippen LogP contribution < -0.4 is 14.4 Å². The predicted octanol–water partition coefficient (Wildman–Crippen LogP) is 6.33. The lowest BCUT2D eigenvalue weighted by Gasteiger charge is -2.14. The number of para-hydroxylation sites is 1. The molecule has 1 amide bonds. The van der Waals surface area contributed by atoms with Crippen LogP contribution in [-0.2, 0) is 11.4 Å². The second kappa shape index (κ2) is 9.56. The monoisotopic (exact) mass is 467 g/mol. The van der Waals surface area contributed by atoms with Gasteiger partial charge in [0.15, 0.2) is 15.8 Å². The molecule has 0 unspecified atom stereocenters. The van der Waals surface area contributed by atoms with Crippen molar-refractivity contribution >= 4 is 57.6 Å². The van der Waals surface area contributed by atoms with Crippen molar-refractivity contribution in [3.8, 4) is 11.5 Å². The van der Waals surface area contributed by atoms with Gasteiger partial charge in [-0.25, -0.2) is 0 Å². The van der Waals surface area contributed by atoms with E-state index >= 15 is 0 Å². The first-order valence-electron chi connectivity index (χ1n) is 9.43. The number of amides is 1. The number of rotatable bonds is 6. The second-order valence-electron chi connectivity index (χ2n) is 6.68. The number of thioether (sulfide) groups is 1. The second-order valence-corrected chi connectivity index (χ2v) is 8.79. The smallest absolute Gasteiger partial charge is 0.270 e. The van der Waals surface area contributed by atoms with Crippen LogP contribution in [0, 0.1) is 0 Å². The highest BCUT2D eigenvalue weighted by atomic mass is 35.5. The summed E-state index contributed by atoms with van der Waals surface area (Å²) in [4.78, 5) is 15.0. The van der Waals surface area contributed by atoms with Gasteiger partial charge in [-0.2, -0.15) is 0 Å². The number of benzene rings is 3. The SMILES string of the molecule is COc1cc(/C=C2/SC(=S)N(c3ccccc3)C2=O)ccc1OCc1ccc(Cl)cc1. The lowest BCUT2D eigenvalue weighted by atomic mass is 10.1. The molecule has 0 radical (unpaired) electrons. The largest absolute Gasteiger partial charge is 0.493 e. The maximum atomic E-state index is 12.9. The molecule has 1 aliphatic rings. The lowest BCUT2D eigenvalue weighted by molar-refractivity contribution is -0.113. The summed E-state index contributed by atoms with van der Waals surface area (Å²) in [6.07, 6.45) is 1.81. The molecule has 0 aliphatic carbocycles. The normalized spacial score (nSPS) is 14.9. The summed E-state index contributed by atoms with van der Waals surface area (Å²) in [5.74, 6) is 1.07. The molecule has 3 aromatic carbocycles. The van der Waals surface area contributed by atoms with Crippen LogP contribution in [0.25, 0.3) is 6.08 Å². The fraction of sp³-hybridized carbons (Fsp3) is 0.0833. The Morgan fingerprint density at radius 3 is 2.48 bits per heavy atom. The van der Waals surface area contributed by atoms with Gasteiger partial charge in [-0.05, 0) is 53.6 Å². The standard InChI is InChI=1S/C24H18ClNO3S2/c1-28-21-13-17(9-12-20(21)29-15-16-7-10-18(25)11-8-16)14-22-23(27)26(24(30)31-22)19-5-3-2-4-6-19/h2-14H,15H2,1H3/b22-14+. The van der Waals surface area contributed by atoms with Crippen molar-refractivity contribution < 1.29 is 14.3 Å². The molecule has 0 N–H and O–H groups in total. The number of methoxy groups -OCH3 is 1. The molecule has 156 valence electrons. The Balaban J connectivity index is 1.52. The number of ether oxygens (including phenoxy) is 2. The fourth-order valence-electron chi connectivity index (χ4n) is 3.05. The first-order valence-corrected chi connectivity index (χ1v) is 11.0. The molecule has 0 spiro atoms. The Hall–Kier alpha value is -2.80. The van der Waals surface area contributed by atoms with E-state index in [9.17, 15) is 4.79 Å². The van der Waals surface area contributed by atoms with E-state index in [-0.39, 0.29) is 5.91 Å². The topological polar surface area (TPSA) is 38.8 Å². The third-order valence-corrected chi connectivity index (χ3v) is 6.16. The minimum atomic E-state index is -0.136. The van der Waals surface area contributed by atoms with Crippen LogP contribution in [0.4, 0.5) is 5.69 Å². The first-order chi connectivity index (χ1) is 15.0. The summed E-state index contributed by atoms with van der Waals surface area (Å²) >= 11 is 12.6. The van der Waals surface area contributed by atoms with Gasteiger partial charge in [0.2, 0.25) is 0 Å². The number of carbonyl (C=O) groups is 1. The van der Waals surface area contributed by atoms with Crippen molar-refractivity contribution in [2.45, 2.75) is 6.61 Å². The van der Waals surface area contributed by atoms with E-state index in [1.165, 1.54) is 11.8 Å². The molecule has 31 heavy (non-hydrogen) atoms. The van der Waals surface area contributed by atoms with E-state index in [0.29, 0.717) is 32.4 Å². The molecule has 7 heteroatoms. The molecule has 3 aromatic rings. The van der Waals surface area contributed by atoms with E-state index in [4.69, 9.17) is 33.3 Å². The molecule has 1 heterocycles. The van der Waals surface area contributed by atoms with Gasteiger partial charge in [-0.15, -0.1) is 0 Å². The molecular weight excluding hydrogens is 450 g/mol. The lowest BCUT2D eigenvalue weighted by Crippen LogP contribution is -2.27. The molecule has 0 saturated carbocycles. The molecule has 0 atom stereocenters. The van der Waals surface area contributed by atoms with Crippen LogP contribution in [0.5, 0.6) is 11.5 Å². The number of nitrogens with zero attached hydrogens (tertiary/aromatic N) is 1. The molecule has 4 nitrogen and oxygen atoms in total. The maximum Gasteiger partial charge on any atom is 0.270 e. The number of halogens is 1. The van der Waals surface area contributed by atoms with Crippen molar-refractivity contribution in [2.75, 3.05) is 12.0 Å². The fourth-order valence-corrected chi connectivity index (χ4v) is 4.48. The van der Waals surface area contributed by atoms with Gasteiger partial charge in [-0.3, -0.25) is 9.69 Å². The van der Waals surface area contributed by atoms with Crippen molar-refractivity contribution in [3.05, 3.63) is 93.9 Å². The van der Waals surface area contributed by atoms with Gasteiger partial charge in [0.25, 0.3) is 5.91 Å². The van der Waals surface area contributed by atoms with Gasteiger partial charge >= 0.3 is 0 Å². The van der Waals surface area contributed by atoms with E-state index < -0.39 is 0 Å². The van der Waals surface area contributed by atoms with E-state index in [2.05, 4.69) is 0 Å². The van der Waals surface area contributed by atoms with Crippen molar-refractivity contribution in [2.24, 2.45) is 0 Å². The number of hydrogen-bond donors (Lipinski definition) is 0. The zero-order valence-electron chi connectivity index (χ0n) is 16.6. The van der Waals surface area contributed by atoms with Crippen LogP contribution >= 0.6 is 35.6 Å². The van der Waals surface area contributed by atoms with Crippen LogP contribution in [0.15, 0.2) is 77.7 Å². The summed E-state index contributed by atoms with van der Waals surface area (Å²) < 4.78 is 11.9. The summed E-state index contributed by atoms with van der Waals surface area (Å²) in [7, 11) is 1.59. The average Bonchev–Trinajstić information content (AvgIpc) is 3.07. The van der Waals surface area contributed by atoms with Gasteiger partial charge in [0, 0.05) is 5.02 Å². The molecule has 1 fully saturated rings. The van der Waals surface area contributed by atoms with Crippen LogP contribution in [-0.4, -0.2) is 17.3 Å². The minimum absolute atomic E-state index is 0.136. The zero-order chi connectivity index (χ0) is 21.8. The molecule has 0 bridgehead atoms. The van der Waals surface area contributed by atoms with Crippen molar-refractivity contribution in [1.82, 2.24) is 0 Å². The number of anilines is 1. The van der Waals surface area contributed by atoms with E-state index in [1.807, 2.05) is 78.9 Å². The highest BCUT2D eigenvalue weighted by molar-refractivity contribution is 8.27. The van der Waals surface area contributed by atoms with Crippen molar-refractivity contribution in [3.63, 3.8) is 0 Å². The highest BCUT2D eigenvalue weighted by Gasteiger charge is 2.33. The minimum Gasteiger partial charge on any atom is -0.493 e. The van der Waals surface area contributed by atoms with Crippen LogP contribution in [0.1, 0.15) is 11.1 Å². The number of hydrogen-bond acceptors (Lipinski definition) is 5. The Labute approximate surface area is 195 Å². The molecule has 0 aromatic heterocycles. The molecule has 1 aliphatic heterocycles.